The Morgan fingerprint density at radius 2 is 1.90 bits per heavy atom. The molecular formula is C17H30N2O9P2S. The van der Waals surface area contributed by atoms with Crippen LogP contribution in [-0.2, 0) is 34.7 Å². The van der Waals surface area contributed by atoms with E-state index in [0.717, 1.165) is 7.11 Å². The molecule has 0 amide bonds. The van der Waals surface area contributed by atoms with Crippen molar-refractivity contribution in [1.82, 2.24) is 9.55 Å². The summed E-state index contributed by atoms with van der Waals surface area (Å²) in [4.78, 5) is 46.5. The molecular weight excluding hydrogens is 470 g/mol. The highest BCUT2D eigenvalue weighted by Gasteiger charge is 2.48. The van der Waals surface area contributed by atoms with Gasteiger partial charge in [-0.1, -0.05) is 0 Å². The molecule has 1 fully saturated rings. The number of nitrogens with zero attached hydrogens (tertiary/aromatic N) is 1. The standard InChI is InChI=1S/C17H30N2O9P2S/c1-17(2,3)28-30(24,31)27-15-12(19-8-6-13(20)18-16(19)21)10-11(14(15)25-4)7-9-29(22,23)26-5/h6,8,11-12,14-15H,7,9-10H2,1-5H3,(H,22,23)(H,24,31)(H,18,20,21)/t11-,12-,14+,15-,30?/m0/s1. The lowest BCUT2D eigenvalue weighted by Gasteiger charge is -2.32. The second kappa shape index (κ2) is 10.1. The Morgan fingerprint density at radius 1 is 1.26 bits per heavy atom. The lowest BCUT2D eigenvalue weighted by molar-refractivity contribution is -0.0274. The van der Waals surface area contributed by atoms with E-state index in [2.05, 4.69) is 9.51 Å². The fourth-order valence-corrected chi connectivity index (χ4v) is 6.82. The molecule has 1 aromatic heterocycles. The molecule has 1 aliphatic rings. The molecule has 3 N–H and O–H groups in total. The fraction of sp³-hybridized carbons (Fsp3) is 0.765. The van der Waals surface area contributed by atoms with Gasteiger partial charge in [0.2, 0.25) is 0 Å². The van der Waals surface area contributed by atoms with Crippen molar-refractivity contribution in [3.63, 3.8) is 0 Å². The zero-order valence-corrected chi connectivity index (χ0v) is 20.7. The molecule has 2 unspecified atom stereocenters. The summed E-state index contributed by atoms with van der Waals surface area (Å²) in [6, 6.07) is 0.527. The third-order valence-corrected chi connectivity index (χ3v) is 8.07. The number of aromatic amines is 1. The maximum absolute atomic E-state index is 12.4. The van der Waals surface area contributed by atoms with Crippen molar-refractivity contribution < 1.29 is 32.7 Å². The molecule has 1 saturated carbocycles. The summed E-state index contributed by atoms with van der Waals surface area (Å²) in [5, 5.41) is 0. The monoisotopic (exact) mass is 500 g/mol. The maximum Gasteiger partial charge on any atom is 0.328 e. The van der Waals surface area contributed by atoms with E-state index in [1.165, 1.54) is 23.9 Å². The van der Waals surface area contributed by atoms with E-state index in [9.17, 15) is 23.9 Å². The molecule has 31 heavy (non-hydrogen) atoms. The Kier molecular flexibility index (Phi) is 8.63. The van der Waals surface area contributed by atoms with Crippen LogP contribution in [0.15, 0.2) is 21.9 Å². The van der Waals surface area contributed by atoms with Crippen molar-refractivity contribution in [3.8, 4) is 0 Å². The molecule has 0 saturated heterocycles. The van der Waals surface area contributed by atoms with Gasteiger partial charge in [0.15, 0.2) is 0 Å². The Morgan fingerprint density at radius 3 is 2.42 bits per heavy atom. The lowest BCUT2D eigenvalue weighted by atomic mass is 10.0. The predicted molar refractivity (Wildman–Crippen MR) is 118 cm³/mol. The van der Waals surface area contributed by atoms with E-state index in [1.54, 1.807) is 20.8 Å². The van der Waals surface area contributed by atoms with Gasteiger partial charge in [-0.15, -0.1) is 0 Å². The van der Waals surface area contributed by atoms with Gasteiger partial charge in [0.1, 0.15) is 6.10 Å². The summed E-state index contributed by atoms with van der Waals surface area (Å²) < 4.78 is 34.8. The molecule has 14 heteroatoms. The van der Waals surface area contributed by atoms with Gasteiger partial charge in [-0.3, -0.25) is 18.9 Å². The van der Waals surface area contributed by atoms with Crippen molar-refractivity contribution in [2.45, 2.75) is 57.5 Å². The summed E-state index contributed by atoms with van der Waals surface area (Å²) in [6.07, 6.45) is 0.178. The highest BCUT2D eigenvalue weighted by Crippen LogP contribution is 2.54. The van der Waals surface area contributed by atoms with Crippen LogP contribution in [0.2, 0.25) is 0 Å². The van der Waals surface area contributed by atoms with E-state index in [1.807, 2.05) is 0 Å². The van der Waals surface area contributed by atoms with Crippen LogP contribution in [0.5, 0.6) is 0 Å². The van der Waals surface area contributed by atoms with E-state index in [-0.39, 0.29) is 18.5 Å². The molecule has 6 atom stereocenters. The van der Waals surface area contributed by atoms with Gasteiger partial charge < -0.3 is 28.1 Å². The molecule has 2 rings (SSSR count). The van der Waals surface area contributed by atoms with Crippen molar-refractivity contribution in [2.75, 3.05) is 20.4 Å². The highest BCUT2D eigenvalue weighted by atomic mass is 32.5. The minimum absolute atomic E-state index is 0.125. The summed E-state index contributed by atoms with van der Waals surface area (Å²) in [7, 11) is -1.17. The summed E-state index contributed by atoms with van der Waals surface area (Å²) in [5.74, 6) is -0.320. The number of hydrogen-bond donors (Lipinski definition) is 3. The van der Waals surface area contributed by atoms with E-state index >= 15 is 0 Å². The van der Waals surface area contributed by atoms with Crippen molar-refractivity contribution in [1.29, 1.82) is 0 Å². The zero-order chi connectivity index (χ0) is 23.6. The molecule has 1 aliphatic carbocycles. The van der Waals surface area contributed by atoms with Crippen LogP contribution in [0.25, 0.3) is 0 Å². The average Bonchev–Trinajstić information content (AvgIpc) is 2.94. The highest BCUT2D eigenvalue weighted by molar-refractivity contribution is 8.07. The molecule has 0 aromatic carbocycles. The molecule has 0 spiro atoms. The van der Waals surface area contributed by atoms with Crippen molar-refractivity contribution in [2.24, 2.45) is 5.92 Å². The van der Waals surface area contributed by atoms with Gasteiger partial charge >= 0.3 is 20.0 Å². The van der Waals surface area contributed by atoms with E-state index in [4.69, 9.17) is 25.6 Å². The van der Waals surface area contributed by atoms with Gasteiger partial charge in [-0.2, -0.15) is 0 Å². The lowest BCUT2D eigenvalue weighted by Crippen LogP contribution is -2.39. The fourth-order valence-electron chi connectivity index (χ4n) is 3.71. The number of nitrogens with one attached hydrogen (secondary N) is 1. The van der Waals surface area contributed by atoms with Gasteiger partial charge in [0.25, 0.3) is 5.56 Å². The zero-order valence-electron chi connectivity index (χ0n) is 18.1. The van der Waals surface area contributed by atoms with Crippen LogP contribution < -0.4 is 11.2 Å². The van der Waals surface area contributed by atoms with Gasteiger partial charge in [0, 0.05) is 26.5 Å². The Hall–Kier alpha value is -0.680. The first-order valence-electron chi connectivity index (χ1n) is 9.62. The Bertz CT molecular complexity index is 973. The number of methoxy groups -OCH3 is 1. The SMILES string of the molecule is CO[C@@H]1[C@@H](CCP(=O)(O)OC)C[C@H](n2ccc(=O)[nH]c2=O)[C@@H]1OP(O)(=S)OC(C)(C)C. The molecule has 11 nitrogen and oxygen atoms in total. The first-order chi connectivity index (χ1) is 14.2. The summed E-state index contributed by atoms with van der Waals surface area (Å²) >= 11 is 5.18. The molecule has 0 bridgehead atoms. The van der Waals surface area contributed by atoms with E-state index < -0.39 is 49.4 Å². The van der Waals surface area contributed by atoms with Gasteiger partial charge in [-0.05, 0) is 51.3 Å². The number of aromatic nitrogens is 2. The van der Waals surface area contributed by atoms with Crippen molar-refractivity contribution >= 4 is 26.1 Å². The van der Waals surface area contributed by atoms with Gasteiger partial charge in [0.05, 0.1) is 23.9 Å². The van der Waals surface area contributed by atoms with Crippen LogP contribution in [0, 0.1) is 5.92 Å². The van der Waals surface area contributed by atoms with Crippen LogP contribution in [0.3, 0.4) is 0 Å². The molecule has 0 aliphatic heterocycles. The normalized spacial score (nSPS) is 28.2. The third-order valence-electron chi connectivity index (χ3n) is 4.90. The Balaban J connectivity index is 2.41. The van der Waals surface area contributed by atoms with Crippen LogP contribution in [0.1, 0.15) is 39.7 Å². The summed E-state index contributed by atoms with van der Waals surface area (Å²) in [6.45, 7) is 1.40. The number of ether oxygens (including phenoxy) is 1. The summed E-state index contributed by atoms with van der Waals surface area (Å²) in [5.41, 5.74) is -1.99. The topological polar surface area (TPSA) is 149 Å². The molecule has 1 heterocycles. The minimum atomic E-state index is -3.76. The average molecular weight is 500 g/mol. The first-order valence-corrected chi connectivity index (χ1v) is 14.0. The smallest absolute Gasteiger partial charge is 0.328 e. The quantitative estimate of drug-likeness (QED) is 0.428. The number of H-pyrrole nitrogens is 1. The van der Waals surface area contributed by atoms with Crippen LogP contribution in [-0.4, -0.2) is 57.5 Å². The minimum Gasteiger partial charge on any atom is -0.378 e. The predicted octanol–water partition coefficient (Wildman–Crippen LogP) is 1.75. The third kappa shape index (κ3) is 7.42. The van der Waals surface area contributed by atoms with Gasteiger partial charge in [-0.25, -0.2) is 4.79 Å². The van der Waals surface area contributed by atoms with E-state index in [0.29, 0.717) is 6.42 Å². The maximum atomic E-state index is 12.4. The van der Waals surface area contributed by atoms with Crippen molar-refractivity contribution in [3.05, 3.63) is 33.1 Å². The second-order valence-electron chi connectivity index (χ2n) is 8.36. The molecule has 0 radical (unpaired) electrons. The Labute approximate surface area is 185 Å². The second-order valence-corrected chi connectivity index (χ2v) is 13.2. The van der Waals surface area contributed by atoms with Crippen LogP contribution in [0.4, 0.5) is 0 Å². The first kappa shape index (κ1) is 26.6. The van der Waals surface area contributed by atoms with Crippen LogP contribution >= 0.6 is 14.3 Å². The largest absolute Gasteiger partial charge is 0.378 e. The number of hydrogen-bond acceptors (Lipinski definition) is 8. The molecule has 1 aromatic rings. The number of rotatable bonds is 9. The molecule has 178 valence electrons.